The number of nitrogens with zero attached hydrogens (tertiary/aromatic N) is 3. The fraction of sp³-hybridized carbons (Fsp3) is 0.533. The fourth-order valence-electron chi connectivity index (χ4n) is 2.85. The predicted octanol–water partition coefficient (Wildman–Crippen LogP) is -0.511. The number of carbonyl (C=O) groups is 1. The minimum atomic E-state index is -0.379. The fourth-order valence-corrected chi connectivity index (χ4v) is 2.85. The number of pyridine rings is 1. The summed E-state index contributed by atoms with van der Waals surface area (Å²) in [5.74, 6) is 0.539. The van der Waals surface area contributed by atoms with Gasteiger partial charge in [-0.2, -0.15) is 0 Å². The van der Waals surface area contributed by atoms with Crippen molar-refractivity contribution < 1.29 is 9.90 Å². The van der Waals surface area contributed by atoms with Crippen LogP contribution in [0.4, 0.5) is 5.82 Å². The van der Waals surface area contributed by atoms with Crippen molar-refractivity contribution in [3.05, 3.63) is 18.6 Å². The summed E-state index contributed by atoms with van der Waals surface area (Å²) >= 11 is 0. The molecule has 23 heavy (non-hydrogen) atoms. The first-order valence-electron chi connectivity index (χ1n) is 7.80. The van der Waals surface area contributed by atoms with Gasteiger partial charge in [0.05, 0.1) is 30.2 Å². The second kappa shape index (κ2) is 6.51. The number of nitrogen functional groups attached to an aromatic ring is 1. The van der Waals surface area contributed by atoms with Crippen molar-refractivity contribution in [2.45, 2.75) is 32.0 Å². The van der Waals surface area contributed by atoms with Crippen molar-refractivity contribution >= 4 is 22.8 Å². The van der Waals surface area contributed by atoms with Crippen LogP contribution in [0.5, 0.6) is 0 Å². The number of aliphatic hydroxyl groups excluding tert-OH is 1. The zero-order valence-electron chi connectivity index (χ0n) is 13.1. The minimum absolute atomic E-state index is 0.0330. The maximum Gasteiger partial charge on any atom is 0.237 e. The number of rotatable bonds is 4. The zero-order valence-corrected chi connectivity index (χ0v) is 13.1. The summed E-state index contributed by atoms with van der Waals surface area (Å²) in [6.07, 6.45) is 3.62. The molecule has 8 nitrogen and oxygen atoms in total. The maximum atomic E-state index is 12.2. The van der Waals surface area contributed by atoms with Crippen molar-refractivity contribution in [1.29, 1.82) is 0 Å². The average molecular weight is 318 g/mol. The number of piperidine rings is 1. The van der Waals surface area contributed by atoms with Gasteiger partial charge in [-0.3, -0.25) is 4.79 Å². The Morgan fingerprint density at radius 3 is 3.17 bits per heavy atom. The first kappa shape index (κ1) is 15.7. The monoisotopic (exact) mass is 318 g/mol. The van der Waals surface area contributed by atoms with Gasteiger partial charge in [0.2, 0.25) is 5.91 Å². The SMILES string of the molecule is C[C@@H]1C[C@@H](C(=O)NCCn2cnc3cnc(N)cc32)NC[C@@H]1O. The highest BCUT2D eigenvalue weighted by Crippen LogP contribution is 2.16. The van der Waals surface area contributed by atoms with Crippen LogP contribution in [-0.2, 0) is 11.3 Å². The van der Waals surface area contributed by atoms with Crippen LogP contribution in [0.3, 0.4) is 0 Å². The predicted molar refractivity (Wildman–Crippen MR) is 86.5 cm³/mol. The lowest BCUT2D eigenvalue weighted by atomic mass is 9.91. The number of nitrogens with one attached hydrogen (secondary N) is 2. The van der Waals surface area contributed by atoms with Crippen LogP contribution in [0.2, 0.25) is 0 Å². The summed E-state index contributed by atoms with van der Waals surface area (Å²) in [5, 5.41) is 15.7. The number of carbonyl (C=O) groups excluding carboxylic acids is 1. The van der Waals surface area contributed by atoms with Gasteiger partial charge in [0.15, 0.2) is 0 Å². The quantitative estimate of drug-likeness (QED) is 0.603. The van der Waals surface area contributed by atoms with Crippen LogP contribution in [0.1, 0.15) is 13.3 Å². The molecule has 2 aromatic rings. The minimum Gasteiger partial charge on any atom is -0.392 e. The molecule has 0 saturated carbocycles. The van der Waals surface area contributed by atoms with E-state index in [1.165, 1.54) is 0 Å². The van der Waals surface area contributed by atoms with E-state index in [1.807, 2.05) is 11.5 Å². The molecule has 1 amide bonds. The van der Waals surface area contributed by atoms with Gasteiger partial charge in [-0.05, 0) is 12.3 Å². The Balaban J connectivity index is 1.54. The lowest BCUT2D eigenvalue weighted by Crippen LogP contribution is -2.53. The molecule has 1 aliphatic heterocycles. The third-order valence-corrected chi connectivity index (χ3v) is 4.33. The van der Waals surface area contributed by atoms with E-state index in [9.17, 15) is 9.90 Å². The molecule has 2 aromatic heterocycles. The molecular weight excluding hydrogens is 296 g/mol. The summed E-state index contributed by atoms with van der Waals surface area (Å²) in [4.78, 5) is 20.5. The second-order valence-electron chi connectivity index (χ2n) is 6.07. The van der Waals surface area contributed by atoms with Gasteiger partial charge in [-0.25, -0.2) is 9.97 Å². The molecule has 1 fully saturated rings. The van der Waals surface area contributed by atoms with Crippen LogP contribution >= 0.6 is 0 Å². The van der Waals surface area contributed by atoms with E-state index in [-0.39, 0.29) is 24.0 Å². The van der Waals surface area contributed by atoms with Gasteiger partial charge < -0.3 is 26.0 Å². The van der Waals surface area contributed by atoms with Crippen molar-refractivity contribution in [2.24, 2.45) is 5.92 Å². The number of fused-ring (bicyclic) bond motifs is 1. The lowest BCUT2D eigenvalue weighted by Gasteiger charge is -2.31. The molecular formula is C15H22N6O2. The van der Waals surface area contributed by atoms with E-state index in [4.69, 9.17) is 5.73 Å². The molecule has 0 radical (unpaired) electrons. The number of hydrogen-bond acceptors (Lipinski definition) is 6. The van der Waals surface area contributed by atoms with Crippen molar-refractivity contribution in [3.8, 4) is 0 Å². The maximum absolute atomic E-state index is 12.2. The smallest absolute Gasteiger partial charge is 0.237 e. The van der Waals surface area contributed by atoms with E-state index in [1.54, 1.807) is 18.6 Å². The summed E-state index contributed by atoms with van der Waals surface area (Å²) < 4.78 is 1.94. The highest BCUT2D eigenvalue weighted by Gasteiger charge is 2.29. The molecule has 0 bridgehead atoms. The Morgan fingerprint density at radius 1 is 1.57 bits per heavy atom. The lowest BCUT2D eigenvalue weighted by molar-refractivity contribution is -0.124. The summed E-state index contributed by atoms with van der Waals surface area (Å²) in [5.41, 5.74) is 7.38. The van der Waals surface area contributed by atoms with Gasteiger partial charge in [-0.1, -0.05) is 6.92 Å². The molecule has 0 spiro atoms. The topological polar surface area (TPSA) is 118 Å². The van der Waals surface area contributed by atoms with Gasteiger partial charge in [-0.15, -0.1) is 0 Å². The van der Waals surface area contributed by atoms with E-state index >= 15 is 0 Å². The molecule has 0 aromatic carbocycles. The number of nitrogens with two attached hydrogens (primary N) is 1. The van der Waals surface area contributed by atoms with Crippen molar-refractivity contribution in [2.75, 3.05) is 18.8 Å². The van der Waals surface area contributed by atoms with Gasteiger partial charge in [0.25, 0.3) is 0 Å². The number of hydrogen-bond donors (Lipinski definition) is 4. The Morgan fingerprint density at radius 2 is 2.39 bits per heavy atom. The van der Waals surface area contributed by atoms with Crippen LogP contribution in [0.15, 0.2) is 18.6 Å². The average Bonchev–Trinajstić information content (AvgIpc) is 2.92. The number of β-amino-alcohol motifs (C(OH)–C–C–N with tert-alkyl or cyclic N) is 1. The van der Waals surface area contributed by atoms with Crippen LogP contribution in [0.25, 0.3) is 11.0 Å². The van der Waals surface area contributed by atoms with Crippen LogP contribution < -0.4 is 16.4 Å². The molecule has 0 unspecified atom stereocenters. The van der Waals surface area contributed by atoms with Crippen molar-refractivity contribution in [1.82, 2.24) is 25.2 Å². The third-order valence-electron chi connectivity index (χ3n) is 4.33. The number of amides is 1. The summed E-state index contributed by atoms with van der Waals surface area (Å²) in [6, 6.07) is 1.53. The molecule has 0 aliphatic carbocycles. The number of anilines is 1. The Hall–Kier alpha value is -2.19. The Kier molecular flexibility index (Phi) is 4.44. The first-order valence-corrected chi connectivity index (χ1v) is 7.80. The number of imidazole rings is 1. The number of aromatic nitrogens is 3. The summed E-state index contributed by atoms with van der Waals surface area (Å²) in [6.45, 7) is 3.53. The van der Waals surface area contributed by atoms with E-state index in [2.05, 4.69) is 20.6 Å². The standard InChI is InChI=1S/C15H22N6O2/c1-9-4-10(18-7-13(9)22)15(23)17-2-3-21-8-20-11-6-19-14(16)5-12(11)21/h5-6,8-10,13,18,22H,2-4,7H2,1H3,(H2,16,19)(H,17,23)/t9-,10+,13+/m1/s1. The van der Waals surface area contributed by atoms with Crippen LogP contribution in [-0.4, -0.2) is 50.8 Å². The molecule has 3 atom stereocenters. The molecule has 124 valence electrons. The molecule has 5 N–H and O–H groups in total. The van der Waals surface area contributed by atoms with Gasteiger partial charge >= 0.3 is 0 Å². The van der Waals surface area contributed by atoms with E-state index in [0.29, 0.717) is 31.9 Å². The highest BCUT2D eigenvalue weighted by molar-refractivity contribution is 5.82. The molecule has 1 aliphatic rings. The van der Waals surface area contributed by atoms with Gasteiger partial charge in [0, 0.05) is 25.7 Å². The summed E-state index contributed by atoms with van der Waals surface area (Å²) in [7, 11) is 0. The van der Waals surface area contributed by atoms with Crippen LogP contribution in [0, 0.1) is 5.92 Å². The zero-order chi connectivity index (χ0) is 16.4. The Labute approximate surface area is 134 Å². The van der Waals surface area contributed by atoms with Crippen molar-refractivity contribution in [3.63, 3.8) is 0 Å². The molecule has 3 rings (SSSR count). The highest BCUT2D eigenvalue weighted by atomic mass is 16.3. The molecule has 3 heterocycles. The normalized spacial score (nSPS) is 24.7. The largest absolute Gasteiger partial charge is 0.392 e. The van der Waals surface area contributed by atoms with E-state index < -0.39 is 0 Å². The van der Waals surface area contributed by atoms with Gasteiger partial charge in [0.1, 0.15) is 11.3 Å². The van der Waals surface area contributed by atoms with E-state index in [0.717, 1.165) is 11.0 Å². The number of aliphatic hydroxyl groups is 1. The third kappa shape index (κ3) is 3.43. The first-order chi connectivity index (χ1) is 11.0. The Bertz CT molecular complexity index is 700. The second-order valence-corrected chi connectivity index (χ2v) is 6.07. The molecule has 8 heteroatoms. The molecule has 1 saturated heterocycles.